The molecule has 90 valence electrons. The average Bonchev–Trinajstić information content (AvgIpc) is 2.13. The van der Waals surface area contributed by atoms with Gasteiger partial charge in [0, 0.05) is 11.1 Å². The van der Waals surface area contributed by atoms with Gasteiger partial charge < -0.3 is 10.5 Å². The third kappa shape index (κ3) is 4.28. The summed E-state index contributed by atoms with van der Waals surface area (Å²) in [5, 5.41) is 0.298. The summed E-state index contributed by atoms with van der Waals surface area (Å²) < 4.78 is 40.3. The lowest BCUT2D eigenvalue weighted by Gasteiger charge is -2.12. The van der Waals surface area contributed by atoms with Crippen molar-refractivity contribution in [3.8, 4) is 5.75 Å². The molecule has 0 aliphatic rings. The Bertz CT molecular complexity index is 366. The van der Waals surface area contributed by atoms with Gasteiger partial charge in [0.1, 0.15) is 5.75 Å². The van der Waals surface area contributed by atoms with Gasteiger partial charge in [0.25, 0.3) is 0 Å². The zero-order valence-corrected chi connectivity index (χ0v) is 9.27. The molecule has 1 rings (SSSR count). The van der Waals surface area contributed by atoms with E-state index in [1.165, 1.54) is 12.1 Å². The maximum absolute atomic E-state index is 11.9. The molecule has 0 bridgehead atoms. The summed E-state index contributed by atoms with van der Waals surface area (Å²) in [5.74, 6) is 0.0668. The molecule has 1 aromatic rings. The van der Waals surface area contributed by atoms with E-state index in [2.05, 4.69) is 4.74 Å². The van der Waals surface area contributed by atoms with Crippen molar-refractivity contribution < 1.29 is 17.9 Å². The van der Waals surface area contributed by atoms with Crippen molar-refractivity contribution in [2.45, 2.75) is 19.1 Å². The lowest BCUT2D eigenvalue weighted by molar-refractivity contribution is -0.153. The first-order valence-electron chi connectivity index (χ1n) is 4.53. The minimum Gasteiger partial charge on any atom is -0.484 e. The molecular weight excluding hydrogens is 243 g/mol. The van der Waals surface area contributed by atoms with Crippen LogP contribution in [0, 0.1) is 0 Å². The molecule has 2 N–H and O–H groups in total. The molecule has 1 unspecified atom stereocenters. The van der Waals surface area contributed by atoms with Gasteiger partial charge in [0.05, 0.1) is 0 Å². The van der Waals surface area contributed by atoms with Crippen LogP contribution in [-0.4, -0.2) is 12.8 Å². The number of alkyl halides is 3. The van der Waals surface area contributed by atoms with E-state index in [9.17, 15) is 13.2 Å². The number of rotatable bonds is 3. The van der Waals surface area contributed by atoms with Gasteiger partial charge in [-0.15, -0.1) is 0 Å². The number of benzene rings is 1. The summed E-state index contributed by atoms with van der Waals surface area (Å²) >= 11 is 5.73. The normalized spacial score (nSPS) is 13.6. The number of ether oxygens (including phenoxy) is 1. The maximum atomic E-state index is 11.9. The number of hydrogen-bond acceptors (Lipinski definition) is 2. The third-order valence-corrected chi connectivity index (χ3v) is 2.04. The Labute approximate surface area is 96.1 Å². The van der Waals surface area contributed by atoms with E-state index in [1.807, 2.05) is 0 Å². The van der Waals surface area contributed by atoms with Gasteiger partial charge in [-0.2, -0.15) is 13.2 Å². The molecule has 0 fully saturated rings. The Morgan fingerprint density at radius 1 is 1.38 bits per heavy atom. The van der Waals surface area contributed by atoms with E-state index in [-0.39, 0.29) is 11.8 Å². The third-order valence-electron chi connectivity index (χ3n) is 1.82. The van der Waals surface area contributed by atoms with Gasteiger partial charge in [-0.25, -0.2) is 0 Å². The van der Waals surface area contributed by atoms with E-state index in [0.29, 0.717) is 10.6 Å². The van der Waals surface area contributed by atoms with Crippen LogP contribution in [-0.2, 0) is 0 Å². The van der Waals surface area contributed by atoms with Gasteiger partial charge in [-0.05, 0) is 30.7 Å². The molecule has 2 nitrogen and oxygen atoms in total. The van der Waals surface area contributed by atoms with Crippen molar-refractivity contribution in [3.05, 3.63) is 28.8 Å². The highest BCUT2D eigenvalue weighted by atomic mass is 35.5. The Kier molecular flexibility index (Phi) is 4.04. The second kappa shape index (κ2) is 4.93. The lowest BCUT2D eigenvalue weighted by Crippen LogP contribution is -2.19. The second-order valence-corrected chi connectivity index (χ2v) is 3.85. The fourth-order valence-electron chi connectivity index (χ4n) is 1.10. The van der Waals surface area contributed by atoms with Crippen LogP contribution in [0.15, 0.2) is 18.2 Å². The van der Waals surface area contributed by atoms with Gasteiger partial charge in [-0.3, -0.25) is 0 Å². The highest BCUT2D eigenvalue weighted by Gasteiger charge is 2.28. The summed E-state index contributed by atoms with van der Waals surface area (Å²) in [7, 11) is 0. The van der Waals surface area contributed by atoms with E-state index < -0.39 is 12.8 Å². The molecule has 1 atom stereocenters. The standard InChI is InChI=1S/C10H11ClF3NO/c1-6(15)7-2-8(11)4-9(3-7)16-5-10(12,13)14/h2-4,6H,5,15H2,1H3. The van der Waals surface area contributed by atoms with Crippen molar-refractivity contribution in [1.29, 1.82) is 0 Å². The molecule has 0 amide bonds. The molecule has 0 heterocycles. The van der Waals surface area contributed by atoms with E-state index in [4.69, 9.17) is 17.3 Å². The first-order valence-corrected chi connectivity index (χ1v) is 4.91. The highest BCUT2D eigenvalue weighted by molar-refractivity contribution is 6.30. The average molecular weight is 254 g/mol. The van der Waals surface area contributed by atoms with Crippen LogP contribution in [0.5, 0.6) is 5.75 Å². The van der Waals surface area contributed by atoms with Crippen molar-refractivity contribution in [3.63, 3.8) is 0 Å². The summed E-state index contributed by atoms with van der Waals surface area (Å²) in [6, 6.07) is 4.04. The van der Waals surface area contributed by atoms with Gasteiger partial charge >= 0.3 is 6.18 Å². The van der Waals surface area contributed by atoms with Gasteiger partial charge in [0.2, 0.25) is 0 Å². The molecule has 0 aliphatic heterocycles. The number of hydrogen-bond donors (Lipinski definition) is 1. The minimum atomic E-state index is -4.36. The molecule has 6 heteroatoms. The van der Waals surface area contributed by atoms with Crippen LogP contribution in [0.3, 0.4) is 0 Å². The SMILES string of the molecule is CC(N)c1cc(Cl)cc(OCC(F)(F)F)c1. The Morgan fingerprint density at radius 2 is 2.00 bits per heavy atom. The molecule has 16 heavy (non-hydrogen) atoms. The van der Waals surface area contributed by atoms with E-state index in [0.717, 1.165) is 0 Å². The molecular formula is C10H11ClF3NO. The summed E-state index contributed by atoms with van der Waals surface area (Å²) in [5.41, 5.74) is 6.23. The topological polar surface area (TPSA) is 35.2 Å². The van der Waals surface area contributed by atoms with Crippen LogP contribution in [0.1, 0.15) is 18.5 Å². The predicted molar refractivity (Wildman–Crippen MR) is 55.6 cm³/mol. The molecule has 0 aliphatic carbocycles. The molecule has 0 spiro atoms. The van der Waals surface area contributed by atoms with Crippen molar-refractivity contribution >= 4 is 11.6 Å². The van der Waals surface area contributed by atoms with Crippen molar-refractivity contribution in [1.82, 2.24) is 0 Å². The largest absolute Gasteiger partial charge is 0.484 e. The molecule has 0 aromatic heterocycles. The van der Waals surface area contributed by atoms with Crippen molar-refractivity contribution in [2.24, 2.45) is 5.73 Å². The molecule has 0 saturated heterocycles. The molecule has 0 radical (unpaired) electrons. The highest BCUT2D eigenvalue weighted by Crippen LogP contribution is 2.25. The number of nitrogens with two attached hydrogens (primary N) is 1. The van der Waals surface area contributed by atoms with Gasteiger partial charge in [0.15, 0.2) is 6.61 Å². The van der Waals surface area contributed by atoms with Crippen LogP contribution in [0.4, 0.5) is 13.2 Å². The first kappa shape index (κ1) is 13.1. The van der Waals surface area contributed by atoms with E-state index in [1.54, 1.807) is 13.0 Å². The van der Waals surface area contributed by atoms with Crippen LogP contribution in [0.2, 0.25) is 5.02 Å². The summed E-state index contributed by atoms with van der Waals surface area (Å²) in [4.78, 5) is 0. The molecule has 1 aromatic carbocycles. The second-order valence-electron chi connectivity index (χ2n) is 3.41. The fraction of sp³-hybridized carbons (Fsp3) is 0.400. The minimum absolute atomic E-state index is 0.0668. The van der Waals surface area contributed by atoms with Crippen molar-refractivity contribution in [2.75, 3.05) is 6.61 Å². The smallest absolute Gasteiger partial charge is 0.422 e. The van der Waals surface area contributed by atoms with Crippen LogP contribution in [0.25, 0.3) is 0 Å². The summed E-state index contributed by atoms with van der Waals surface area (Å²) in [6.07, 6.45) is -4.36. The first-order chi connectivity index (χ1) is 7.28. The lowest BCUT2D eigenvalue weighted by atomic mass is 10.1. The Balaban J connectivity index is 2.81. The van der Waals surface area contributed by atoms with Crippen LogP contribution >= 0.6 is 11.6 Å². The summed E-state index contributed by atoms with van der Waals surface area (Å²) in [6.45, 7) is 0.366. The molecule has 0 saturated carbocycles. The Morgan fingerprint density at radius 3 is 2.50 bits per heavy atom. The van der Waals surface area contributed by atoms with Crippen LogP contribution < -0.4 is 10.5 Å². The zero-order valence-electron chi connectivity index (χ0n) is 8.51. The quantitative estimate of drug-likeness (QED) is 0.897. The van der Waals surface area contributed by atoms with Gasteiger partial charge in [-0.1, -0.05) is 11.6 Å². The predicted octanol–water partition coefficient (Wildman–Crippen LogP) is 3.30. The maximum Gasteiger partial charge on any atom is 0.422 e. The fourth-order valence-corrected chi connectivity index (χ4v) is 1.33. The number of halogens is 4. The van der Waals surface area contributed by atoms with E-state index >= 15 is 0 Å². The zero-order chi connectivity index (χ0) is 12.3. The Hall–Kier alpha value is -0.940. The monoisotopic (exact) mass is 253 g/mol.